The van der Waals surface area contributed by atoms with Gasteiger partial charge in [-0.05, 0) is 37.1 Å². The minimum atomic E-state index is -0.628. The van der Waals surface area contributed by atoms with Crippen molar-refractivity contribution in [2.45, 2.75) is 18.4 Å². The summed E-state index contributed by atoms with van der Waals surface area (Å²) in [4.78, 5) is 30.9. The lowest BCUT2D eigenvalue weighted by Crippen LogP contribution is -2.42. The summed E-state index contributed by atoms with van der Waals surface area (Å²) in [6.07, 6.45) is 4.66. The Balaban J connectivity index is 1.86. The van der Waals surface area contributed by atoms with Gasteiger partial charge in [-0.25, -0.2) is 0 Å². The number of para-hydroxylation sites is 1. The topological polar surface area (TPSA) is 50.3 Å². The average Bonchev–Trinajstić information content (AvgIpc) is 3.25. The third-order valence-corrected chi connectivity index (χ3v) is 4.08. The second kappa shape index (κ2) is 3.76. The maximum atomic E-state index is 12.7. The first-order valence-electron chi connectivity index (χ1n) is 6.62. The molecule has 2 aliphatic rings. The van der Waals surface area contributed by atoms with Crippen LogP contribution in [0.2, 0.25) is 0 Å². The van der Waals surface area contributed by atoms with Crippen molar-refractivity contribution in [3.8, 4) is 0 Å². The van der Waals surface area contributed by atoms with Crippen molar-refractivity contribution in [1.29, 1.82) is 0 Å². The molecule has 0 unspecified atom stereocenters. The van der Waals surface area contributed by atoms with E-state index in [0.717, 1.165) is 18.5 Å². The number of fused-ring (bicyclic) bond motifs is 1. The Hall–Kier alpha value is -2.49. The third kappa shape index (κ3) is 1.33. The summed E-state index contributed by atoms with van der Waals surface area (Å²) in [5, 5.41) is 0. The molecule has 98 valence electrons. The lowest BCUT2D eigenvalue weighted by atomic mass is 10.1. The molecule has 2 heterocycles. The number of amides is 1. The van der Waals surface area contributed by atoms with Crippen LogP contribution in [-0.4, -0.2) is 22.2 Å². The number of pyridine rings is 1. The van der Waals surface area contributed by atoms with E-state index >= 15 is 0 Å². The van der Waals surface area contributed by atoms with Crippen LogP contribution in [0.5, 0.6) is 0 Å². The Morgan fingerprint density at radius 1 is 1.15 bits per heavy atom. The van der Waals surface area contributed by atoms with E-state index in [1.54, 1.807) is 35.5 Å². The third-order valence-electron chi connectivity index (χ3n) is 4.08. The molecular formula is C16H12N2O2. The SMILES string of the molecule is O=C(c1cccnc1)N1c2ccccc2C(=O)C12CC2. The number of hydrogen-bond acceptors (Lipinski definition) is 3. The largest absolute Gasteiger partial charge is 0.294 e. The first-order valence-corrected chi connectivity index (χ1v) is 6.62. The van der Waals surface area contributed by atoms with Crippen LogP contribution in [0.4, 0.5) is 5.69 Å². The number of Topliss-reactive ketones (excluding diaryl/α,β-unsaturated/α-hetero) is 1. The summed E-state index contributed by atoms with van der Waals surface area (Å²) in [6, 6.07) is 10.8. The van der Waals surface area contributed by atoms with Gasteiger partial charge in [-0.2, -0.15) is 0 Å². The van der Waals surface area contributed by atoms with Crippen molar-refractivity contribution >= 4 is 17.4 Å². The molecule has 2 aromatic rings. The Kier molecular flexibility index (Phi) is 2.13. The van der Waals surface area contributed by atoms with E-state index in [1.165, 1.54) is 0 Å². The number of rotatable bonds is 1. The quantitative estimate of drug-likeness (QED) is 0.795. The molecule has 0 N–H and O–H groups in total. The summed E-state index contributed by atoms with van der Waals surface area (Å²) in [7, 11) is 0. The molecule has 20 heavy (non-hydrogen) atoms. The van der Waals surface area contributed by atoms with Crippen LogP contribution in [0.15, 0.2) is 48.8 Å². The first kappa shape index (κ1) is 11.3. The van der Waals surface area contributed by atoms with E-state index in [2.05, 4.69) is 4.98 Å². The molecule has 0 bridgehead atoms. The zero-order valence-corrected chi connectivity index (χ0v) is 10.7. The Morgan fingerprint density at radius 2 is 1.95 bits per heavy atom. The van der Waals surface area contributed by atoms with Crippen LogP contribution in [0.1, 0.15) is 33.6 Å². The van der Waals surface area contributed by atoms with E-state index in [-0.39, 0.29) is 11.7 Å². The molecule has 1 spiro atoms. The standard InChI is InChI=1S/C16H12N2O2/c19-14-12-5-1-2-6-13(12)18(16(14)7-8-16)15(20)11-4-3-9-17-10-11/h1-6,9-10H,7-8H2. The number of hydrogen-bond donors (Lipinski definition) is 0. The van der Waals surface area contributed by atoms with E-state index in [4.69, 9.17) is 0 Å². The lowest BCUT2D eigenvalue weighted by Gasteiger charge is -2.23. The van der Waals surface area contributed by atoms with Crippen molar-refractivity contribution in [3.05, 3.63) is 59.9 Å². The van der Waals surface area contributed by atoms with Crippen molar-refractivity contribution in [2.24, 2.45) is 0 Å². The molecule has 0 saturated heterocycles. The highest BCUT2D eigenvalue weighted by Crippen LogP contribution is 2.53. The zero-order valence-electron chi connectivity index (χ0n) is 10.7. The van der Waals surface area contributed by atoms with Gasteiger partial charge in [0, 0.05) is 18.0 Å². The molecule has 4 nitrogen and oxygen atoms in total. The predicted octanol–water partition coefficient (Wildman–Crippen LogP) is 2.46. The predicted molar refractivity (Wildman–Crippen MR) is 73.8 cm³/mol. The van der Waals surface area contributed by atoms with Crippen LogP contribution in [0.3, 0.4) is 0 Å². The Morgan fingerprint density at radius 3 is 2.65 bits per heavy atom. The van der Waals surface area contributed by atoms with Gasteiger partial charge in [0.15, 0.2) is 5.78 Å². The molecular weight excluding hydrogens is 252 g/mol. The van der Waals surface area contributed by atoms with Crippen LogP contribution < -0.4 is 4.90 Å². The van der Waals surface area contributed by atoms with Crippen LogP contribution in [-0.2, 0) is 0 Å². The van der Waals surface area contributed by atoms with E-state index in [9.17, 15) is 9.59 Å². The molecule has 0 atom stereocenters. The average molecular weight is 264 g/mol. The molecule has 1 aliphatic heterocycles. The Bertz CT molecular complexity index is 720. The van der Waals surface area contributed by atoms with Gasteiger partial charge in [0.05, 0.1) is 11.3 Å². The fourth-order valence-electron chi connectivity index (χ4n) is 2.93. The summed E-state index contributed by atoms with van der Waals surface area (Å²) >= 11 is 0. The van der Waals surface area contributed by atoms with Gasteiger partial charge in [0.2, 0.25) is 0 Å². The summed E-state index contributed by atoms with van der Waals surface area (Å²) in [5.74, 6) is -0.0701. The fraction of sp³-hybridized carbons (Fsp3) is 0.188. The molecule has 4 heteroatoms. The molecule has 1 saturated carbocycles. The van der Waals surface area contributed by atoms with E-state index in [0.29, 0.717) is 11.1 Å². The van der Waals surface area contributed by atoms with E-state index < -0.39 is 5.54 Å². The normalized spacial score (nSPS) is 18.2. The number of nitrogens with zero attached hydrogens (tertiary/aromatic N) is 2. The summed E-state index contributed by atoms with van der Waals surface area (Å²) < 4.78 is 0. The summed E-state index contributed by atoms with van der Waals surface area (Å²) in [5.41, 5.74) is 1.27. The van der Waals surface area contributed by atoms with Gasteiger partial charge in [0.1, 0.15) is 5.54 Å². The fourth-order valence-corrected chi connectivity index (χ4v) is 2.93. The molecule has 1 amide bonds. The van der Waals surface area contributed by atoms with Crippen LogP contribution >= 0.6 is 0 Å². The van der Waals surface area contributed by atoms with Gasteiger partial charge >= 0.3 is 0 Å². The van der Waals surface area contributed by atoms with Gasteiger partial charge in [-0.3, -0.25) is 19.5 Å². The van der Waals surface area contributed by atoms with E-state index in [1.807, 2.05) is 18.2 Å². The highest BCUT2D eigenvalue weighted by molar-refractivity contribution is 6.24. The van der Waals surface area contributed by atoms with Crippen LogP contribution in [0.25, 0.3) is 0 Å². The van der Waals surface area contributed by atoms with Crippen molar-refractivity contribution in [3.63, 3.8) is 0 Å². The van der Waals surface area contributed by atoms with Gasteiger partial charge in [-0.1, -0.05) is 12.1 Å². The van der Waals surface area contributed by atoms with Gasteiger partial charge in [-0.15, -0.1) is 0 Å². The summed E-state index contributed by atoms with van der Waals surface area (Å²) in [6.45, 7) is 0. The highest BCUT2D eigenvalue weighted by Gasteiger charge is 2.61. The minimum Gasteiger partial charge on any atom is -0.294 e. The maximum absolute atomic E-state index is 12.7. The molecule has 1 fully saturated rings. The monoisotopic (exact) mass is 264 g/mol. The lowest BCUT2D eigenvalue weighted by molar-refractivity contribution is 0.0903. The highest BCUT2D eigenvalue weighted by atomic mass is 16.2. The second-order valence-corrected chi connectivity index (χ2v) is 5.26. The van der Waals surface area contributed by atoms with Gasteiger partial charge < -0.3 is 0 Å². The number of benzene rings is 1. The zero-order chi connectivity index (χ0) is 13.7. The molecule has 4 rings (SSSR count). The number of carbonyl (C=O) groups excluding carboxylic acids is 2. The molecule has 1 aliphatic carbocycles. The van der Waals surface area contributed by atoms with Crippen molar-refractivity contribution < 1.29 is 9.59 Å². The minimum absolute atomic E-state index is 0.0744. The smallest absolute Gasteiger partial charge is 0.260 e. The number of aromatic nitrogens is 1. The van der Waals surface area contributed by atoms with Gasteiger partial charge in [0.25, 0.3) is 5.91 Å². The number of carbonyl (C=O) groups is 2. The number of ketones is 1. The van der Waals surface area contributed by atoms with Crippen molar-refractivity contribution in [2.75, 3.05) is 4.90 Å². The second-order valence-electron chi connectivity index (χ2n) is 5.26. The van der Waals surface area contributed by atoms with Crippen LogP contribution in [0, 0.1) is 0 Å². The Labute approximate surface area is 116 Å². The first-order chi connectivity index (χ1) is 9.74. The molecule has 0 radical (unpaired) electrons. The van der Waals surface area contributed by atoms with Crippen molar-refractivity contribution in [1.82, 2.24) is 4.98 Å². The maximum Gasteiger partial charge on any atom is 0.260 e. The molecule has 1 aromatic carbocycles. The number of anilines is 1. The molecule has 1 aromatic heterocycles.